The van der Waals surface area contributed by atoms with Gasteiger partial charge in [-0.3, -0.25) is 0 Å². The molecule has 0 bridgehead atoms. The topological polar surface area (TPSA) is 29.3 Å². The third-order valence-electron chi connectivity index (χ3n) is 3.84. The maximum absolute atomic E-state index is 6.35. The molecule has 0 radical (unpaired) electrons. The van der Waals surface area contributed by atoms with Crippen molar-refractivity contribution in [2.75, 3.05) is 18.5 Å². The molecule has 2 N–H and O–H groups in total. The van der Waals surface area contributed by atoms with Gasteiger partial charge in [0.15, 0.2) is 0 Å². The van der Waals surface area contributed by atoms with E-state index < -0.39 is 0 Å². The van der Waals surface area contributed by atoms with E-state index in [2.05, 4.69) is 74.3 Å². The maximum atomic E-state index is 6.35. The average Bonchev–Trinajstić information content (AvgIpc) is 2.47. The zero-order chi connectivity index (χ0) is 14.5. The monoisotopic (exact) mass is 268 g/mol. The van der Waals surface area contributed by atoms with Crippen molar-refractivity contribution < 1.29 is 0 Å². The first-order chi connectivity index (χ1) is 9.61. The van der Waals surface area contributed by atoms with Crippen LogP contribution in [0.25, 0.3) is 0 Å². The van der Waals surface area contributed by atoms with Gasteiger partial charge in [0.05, 0.1) is 0 Å². The SMILES string of the molecule is CCc1ccc(N(C)CC(N)c2ccccc2C)cc1. The highest BCUT2D eigenvalue weighted by molar-refractivity contribution is 5.47. The minimum absolute atomic E-state index is 0.0343. The van der Waals surface area contributed by atoms with E-state index in [1.165, 1.54) is 22.4 Å². The van der Waals surface area contributed by atoms with E-state index in [0.717, 1.165) is 13.0 Å². The summed E-state index contributed by atoms with van der Waals surface area (Å²) < 4.78 is 0. The molecule has 0 fully saturated rings. The minimum atomic E-state index is 0.0343. The van der Waals surface area contributed by atoms with Crippen molar-refractivity contribution in [3.05, 3.63) is 65.2 Å². The van der Waals surface area contributed by atoms with Crippen LogP contribution in [0.15, 0.2) is 48.5 Å². The fourth-order valence-electron chi connectivity index (χ4n) is 2.49. The highest BCUT2D eigenvalue weighted by Crippen LogP contribution is 2.20. The van der Waals surface area contributed by atoms with E-state index in [0.29, 0.717) is 0 Å². The Morgan fingerprint density at radius 1 is 1.05 bits per heavy atom. The van der Waals surface area contributed by atoms with Crippen molar-refractivity contribution in [1.29, 1.82) is 0 Å². The van der Waals surface area contributed by atoms with Crippen molar-refractivity contribution >= 4 is 5.69 Å². The van der Waals surface area contributed by atoms with Gasteiger partial charge in [0.2, 0.25) is 0 Å². The summed E-state index contributed by atoms with van der Waals surface area (Å²) in [5.41, 5.74) is 11.4. The summed E-state index contributed by atoms with van der Waals surface area (Å²) in [4.78, 5) is 2.22. The summed E-state index contributed by atoms with van der Waals surface area (Å²) in [6.45, 7) is 5.11. The van der Waals surface area contributed by atoms with Gasteiger partial charge in [-0.05, 0) is 42.2 Å². The Morgan fingerprint density at radius 3 is 2.30 bits per heavy atom. The van der Waals surface area contributed by atoms with Crippen LogP contribution in [0.2, 0.25) is 0 Å². The Morgan fingerprint density at radius 2 is 1.70 bits per heavy atom. The fraction of sp³-hybridized carbons (Fsp3) is 0.333. The molecule has 0 aliphatic rings. The van der Waals surface area contributed by atoms with Gasteiger partial charge in [0.1, 0.15) is 0 Å². The molecule has 0 saturated carbocycles. The Labute approximate surface area is 122 Å². The molecule has 0 amide bonds. The molecule has 0 heterocycles. The number of hydrogen-bond donors (Lipinski definition) is 1. The van der Waals surface area contributed by atoms with E-state index in [1.807, 2.05) is 0 Å². The van der Waals surface area contributed by atoms with E-state index in [4.69, 9.17) is 5.73 Å². The van der Waals surface area contributed by atoms with Gasteiger partial charge in [-0.25, -0.2) is 0 Å². The number of hydrogen-bond acceptors (Lipinski definition) is 2. The first-order valence-corrected chi connectivity index (χ1v) is 7.23. The number of likely N-dealkylation sites (N-methyl/N-ethyl adjacent to an activating group) is 1. The molecule has 1 unspecified atom stereocenters. The van der Waals surface area contributed by atoms with Gasteiger partial charge in [0.25, 0.3) is 0 Å². The summed E-state index contributed by atoms with van der Waals surface area (Å²) in [6, 6.07) is 17.1. The normalized spacial score (nSPS) is 12.2. The van der Waals surface area contributed by atoms with Crippen molar-refractivity contribution in [2.45, 2.75) is 26.3 Å². The predicted molar refractivity (Wildman–Crippen MR) is 87.2 cm³/mol. The third-order valence-corrected chi connectivity index (χ3v) is 3.84. The van der Waals surface area contributed by atoms with E-state index in [9.17, 15) is 0 Å². The van der Waals surface area contributed by atoms with E-state index in [1.54, 1.807) is 0 Å². The highest BCUT2D eigenvalue weighted by atomic mass is 15.1. The van der Waals surface area contributed by atoms with Crippen LogP contribution in [-0.2, 0) is 6.42 Å². The van der Waals surface area contributed by atoms with E-state index in [-0.39, 0.29) is 6.04 Å². The smallest absolute Gasteiger partial charge is 0.0475 e. The number of nitrogens with two attached hydrogens (primary N) is 1. The fourth-order valence-corrected chi connectivity index (χ4v) is 2.49. The molecule has 0 aliphatic carbocycles. The quantitative estimate of drug-likeness (QED) is 0.896. The van der Waals surface area contributed by atoms with E-state index >= 15 is 0 Å². The number of aryl methyl sites for hydroxylation is 2. The van der Waals surface area contributed by atoms with Gasteiger partial charge in [0, 0.05) is 25.3 Å². The Hall–Kier alpha value is -1.80. The molecule has 0 saturated heterocycles. The summed E-state index contributed by atoms with van der Waals surface area (Å²) in [5.74, 6) is 0. The maximum Gasteiger partial charge on any atom is 0.0475 e. The molecule has 0 aromatic heterocycles. The van der Waals surface area contributed by atoms with Crippen molar-refractivity contribution in [3.8, 4) is 0 Å². The molecule has 20 heavy (non-hydrogen) atoms. The second kappa shape index (κ2) is 6.58. The van der Waals surface area contributed by atoms with Crippen LogP contribution < -0.4 is 10.6 Å². The number of nitrogens with zero attached hydrogens (tertiary/aromatic N) is 1. The molecule has 106 valence electrons. The lowest BCUT2D eigenvalue weighted by Crippen LogP contribution is -2.29. The lowest BCUT2D eigenvalue weighted by molar-refractivity contribution is 0.699. The molecule has 2 heteroatoms. The molecule has 1 atom stereocenters. The molecule has 0 spiro atoms. The molecular formula is C18H24N2. The van der Waals surface area contributed by atoms with Crippen LogP contribution >= 0.6 is 0 Å². The summed E-state index contributed by atoms with van der Waals surface area (Å²) in [5, 5.41) is 0. The van der Waals surface area contributed by atoms with Crippen LogP contribution in [0, 0.1) is 6.92 Å². The zero-order valence-electron chi connectivity index (χ0n) is 12.6. The molecular weight excluding hydrogens is 244 g/mol. The first-order valence-electron chi connectivity index (χ1n) is 7.23. The predicted octanol–water partition coefficient (Wildman–Crippen LogP) is 3.69. The van der Waals surface area contributed by atoms with Crippen LogP contribution in [-0.4, -0.2) is 13.6 Å². The van der Waals surface area contributed by atoms with Crippen molar-refractivity contribution in [1.82, 2.24) is 0 Å². The first kappa shape index (κ1) is 14.6. The van der Waals surface area contributed by atoms with Gasteiger partial charge in [-0.2, -0.15) is 0 Å². The van der Waals surface area contributed by atoms with Crippen LogP contribution in [0.5, 0.6) is 0 Å². The Kier molecular flexibility index (Phi) is 4.80. The van der Waals surface area contributed by atoms with Gasteiger partial charge >= 0.3 is 0 Å². The van der Waals surface area contributed by atoms with Crippen LogP contribution in [0.3, 0.4) is 0 Å². The highest BCUT2D eigenvalue weighted by Gasteiger charge is 2.11. The lowest BCUT2D eigenvalue weighted by atomic mass is 10.0. The second-order valence-corrected chi connectivity index (χ2v) is 5.36. The number of benzene rings is 2. The van der Waals surface area contributed by atoms with Crippen molar-refractivity contribution in [2.24, 2.45) is 5.73 Å². The Bertz CT molecular complexity index is 546. The van der Waals surface area contributed by atoms with Crippen LogP contribution in [0.4, 0.5) is 5.69 Å². The standard InChI is InChI=1S/C18H24N2/c1-4-15-9-11-16(12-10-15)20(3)13-18(19)17-8-6-5-7-14(17)2/h5-12,18H,4,13,19H2,1-3H3. The zero-order valence-corrected chi connectivity index (χ0v) is 12.6. The molecule has 2 rings (SSSR count). The Balaban J connectivity index is 2.06. The summed E-state index contributed by atoms with van der Waals surface area (Å²) in [7, 11) is 2.10. The molecule has 2 aromatic rings. The third kappa shape index (κ3) is 3.40. The lowest BCUT2D eigenvalue weighted by Gasteiger charge is -2.24. The molecule has 0 aliphatic heterocycles. The summed E-state index contributed by atoms with van der Waals surface area (Å²) in [6.07, 6.45) is 1.08. The largest absolute Gasteiger partial charge is 0.373 e. The summed E-state index contributed by atoms with van der Waals surface area (Å²) >= 11 is 0. The molecule has 2 aromatic carbocycles. The number of rotatable bonds is 5. The molecule has 2 nitrogen and oxygen atoms in total. The van der Waals surface area contributed by atoms with Gasteiger partial charge < -0.3 is 10.6 Å². The van der Waals surface area contributed by atoms with Crippen LogP contribution in [0.1, 0.15) is 29.7 Å². The average molecular weight is 268 g/mol. The minimum Gasteiger partial charge on any atom is -0.373 e. The second-order valence-electron chi connectivity index (χ2n) is 5.36. The van der Waals surface area contributed by atoms with Gasteiger partial charge in [-0.1, -0.05) is 43.3 Å². The van der Waals surface area contributed by atoms with Crippen molar-refractivity contribution in [3.63, 3.8) is 0 Å². The van der Waals surface area contributed by atoms with Gasteiger partial charge in [-0.15, -0.1) is 0 Å². The number of anilines is 1.